The Morgan fingerprint density at radius 2 is 1.85 bits per heavy atom. The summed E-state index contributed by atoms with van der Waals surface area (Å²) in [7, 11) is 0. The molecule has 2 fully saturated rings. The molecule has 1 aromatic carbocycles. The molecule has 3 heteroatoms. The summed E-state index contributed by atoms with van der Waals surface area (Å²) in [6, 6.07) is 12.7. The highest BCUT2D eigenvalue weighted by molar-refractivity contribution is 5.16. The molecule has 3 nitrogen and oxygen atoms in total. The molecular formula is C17H27N3. The average molecular weight is 273 g/mol. The summed E-state index contributed by atoms with van der Waals surface area (Å²) in [6.45, 7) is 3.53. The quantitative estimate of drug-likeness (QED) is 0.882. The maximum atomic E-state index is 6.23. The summed E-state index contributed by atoms with van der Waals surface area (Å²) in [6.07, 6.45) is 6.05. The standard InChI is InChI=1S/C17H27N3/c18-15-8-11-20(16-6-9-19-10-7-16)17(13-15)12-14-4-2-1-3-5-14/h1-5,15-17,19H,6-13,18H2/t15?,17-/m1/s1. The summed E-state index contributed by atoms with van der Waals surface area (Å²) in [4.78, 5) is 2.76. The van der Waals surface area contributed by atoms with E-state index in [9.17, 15) is 0 Å². The Labute approximate surface area is 122 Å². The van der Waals surface area contributed by atoms with Crippen molar-refractivity contribution in [2.45, 2.75) is 50.2 Å². The SMILES string of the molecule is NC1CCN(C2CCNCC2)[C@H](Cc2ccccc2)C1. The zero-order chi connectivity index (χ0) is 13.8. The van der Waals surface area contributed by atoms with Crippen LogP contribution >= 0.6 is 0 Å². The predicted octanol–water partition coefficient (Wildman–Crippen LogP) is 1.77. The maximum absolute atomic E-state index is 6.23. The van der Waals surface area contributed by atoms with Gasteiger partial charge < -0.3 is 11.1 Å². The Hall–Kier alpha value is -0.900. The molecule has 20 heavy (non-hydrogen) atoms. The lowest BCUT2D eigenvalue weighted by Crippen LogP contribution is -2.54. The van der Waals surface area contributed by atoms with E-state index in [0.29, 0.717) is 12.1 Å². The highest BCUT2D eigenvalue weighted by atomic mass is 15.2. The first-order chi connectivity index (χ1) is 9.83. The van der Waals surface area contributed by atoms with E-state index in [4.69, 9.17) is 5.73 Å². The van der Waals surface area contributed by atoms with Gasteiger partial charge in [0.05, 0.1) is 0 Å². The smallest absolute Gasteiger partial charge is 0.0153 e. The minimum atomic E-state index is 0.390. The van der Waals surface area contributed by atoms with E-state index < -0.39 is 0 Å². The average Bonchev–Trinajstić information content (AvgIpc) is 2.49. The van der Waals surface area contributed by atoms with Crippen molar-refractivity contribution in [3.63, 3.8) is 0 Å². The Morgan fingerprint density at radius 3 is 2.60 bits per heavy atom. The van der Waals surface area contributed by atoms with Crippen LogP contribution < -0.4 is 11.1 Å². The Bertz CT molecular complexity index is 400. The van der Waals surface area contributed by atoms with Gasteiger partial charge in [0.25, 0.3) is 0 Å². The van der Waals surface area contributed by atoms with Crippen LogP contribution in [0.5, 0.6) is 0 Å². The molecule has 110 valence electrons. The molecule has 0 aromatic heterocycles. The van der Waals surface area contributed by atoms with Gasteiger partial charge in [-0.2, -0.15) is 0 Å². The number of rotatable bonds is 3. The first kappa shape index (κ1) is 14.1. The van der Waals surface area contributed by atoms with Gasteiger partial charge in [-0.05, 0) is 50.8 Å². The van der Waals surface area contributed by atoms with Crippen LogP contribution in [0.25, 0.3) is 0 Å². The third-order valence-corrected chi connectivity index (χ3v) is 4.89. The molecule has 0 aliphatic carbocycles. The molecule has 2 aliphatic heterocycles. The zero-order valence-electron chi connectivity index (χ0n) is 12.3. The Balaban J connectivity index is 1.69. The second-order valence-electron chi connectivity index (χ2n) is 6.35. The summed E-state index contributed by atoms with van der Waals surface area (Å²) in [5.41, 5.74) is 7.68. The van der Waals surface area contributed by atoms with Gasteiger partial charge in [0, 0.05) is 24.7 Å². The topological polar surface area (TPSA) is 41.3 Å². The lowest BCUT2D eigenvalue weighted by atomic mass is 9.89. The number of benzene rings is 1. The molecule has 0 bridgehead atoms. The van der Waals surface area contributed by atoms with E-state index in [-0.39, 0.29) is 0 Å². The number of piperidine rings is 2. The van der Waals surface area contributed by atoms with Gasteiger partial charge >= 0.3 is 0 Å². The molecule has 3 N–H and O–H groups in total. The Kier molecular flexibility index (Phi) is 4.71. The van der Waals surface area contributed by atoms with Crippen molar-refractivity contribution in [3.05, 3.63) is 35.9 Å². The van der Waals surface area contributed by atoms with Crippen LogP contribution in [0, 0.1) is 0 Å². The molecule has 1 aromatic rings. The molecule has 3 rings (SSSR count). The van der Waals surface area contributed by atoms with Gasteiger partial charge in [-0.3, -0.25) is 4.90 Å². The first-order valence-electron chi connectivity index (χ1n) is 8.09. The second-order valence-corrected chi connectivity index (χ2v) is 6.35. The van der Waals surface area contributed by atoms with Gasteiger partial charge in [-0.15, -0.1) is 0 Å². The monoisotopic (exact) mass is 273 g/mol. The third kappa shape index (κ3) is 3.40. The fourth-order valence-electron chi connectivity index (χ4n) is 3.81. The van der Waals surface area contributed by atoms with Crippen LogP contribution in [0.15, 0.2) is 30.3 Å². The number of hydrogen-bond donors (Lipinski definition) is 2. The molecule has 0 amide bonds. The van der Waals surface area contributed by atoms with Crippen molar-refractivity contribution in [2.75, 3.05) is 19.6 Å². The van der Waals surface area contributed by atoms with Crippen molar-refractivity contribution in [1.82, 2.24) is 10.2 Å². The minimum absolute atomic E-state index is 0.390. The van der Waals surface area contributed by atoms with Gasteiger partial charge in [0.15, 0.2) is 0 Å². The predicted molar refractivity (Wildman–Crippen MR) is 83.7 cm³/mol. The van der Waals surface area contributed by atoms with Crippen LogP contribution in [0.2, 0.25) is 0 Å². The van der Waals surface area contributed by atoms with Crippen molar-refractivity contribution in [3.8, 4) is 0 Å². The number of hydrogen-bond acceptors (Lipinski definition) is 3. The van der Waals surface area contributed by atoms with E-state index in [0.717, 1.165) is 25.3 Å². The third-order valence-electron chi connectivity index (χ3n) is 4.89. The normalized spacial score (nSPS) is 29.4. The highest BCUT2D eigenvalue weighted by Gasteiger charge is 2.32. The van der Waals surface area contributed by atoms with Crippen LogP contribution in [-0.4, -0.2) is 42.7 Å². The molecule has 0 radical (unpaired) electrons. The minimum Gasteiger partial charge on any atom is -0.328 e. The van der Waals surface area contributed by atoms with Crippen LogP contribution in [0.1, 0.15) is 31.2 Å². The summed E-state index contributed by atoms with van der Waals surface area (Å²) in [5, 5.41) is 3.48. The van der Waals surface area contributed by atoms with Crippen molar-refractivity contribution >= 4 is 0 Å². The van der Waals surface area contributed by atoms with E-state index in [1.54, 1.807) is 0 Å². The lowest BCUT2D eigenvalue weighted by Gasteiger charge is -2.44. The van der Waals surface area contributed by atoms with Crippen LogP contribution in [-0.2, 0) is 6.42 Å². The molecule has 2 aliphatic rings. The molecule has 2 atom stereocenters. The van der Waals surface area contributed by atoms with Gasteiger partial charge in [0.2, 0.25) is 0 Å². The van der Waals surface area contributed by atoms with Crippen LogP contribution in [0.3, 0.4) is 0 Å². The molecular weight excluding hydrogens is 246 g/mol. The van der Waals surface area contributed by atoms with Gasteiger partial charge in [-0.1, -0.05) is 30.3 Å². The molecule has 2 saturated heterocycles. The number of nitrogens with two attached hydrogens (primary N) is 1. The maximum Gasteiger partial charge on any atom is 0.0153 e. The largest absolute Gasteiger partial charge is 0.328 e. The van der Waals surface area contributed by atoms with Crippen LogP contribution in [0.4, 0.5) is 0 Å². The van der Waals surface area contributed by atoms with Crippen molar-refractivity contribution in [2.24, 2.45) is 5.73 Å². The second kappa shape index (κ2) is 6.70. The molecule has 0 spiro atoms. The lowest BCUT2D eigenvalue weighted by molar-refractivity contribution is 0.0686. The van der Waals surface area contributed by atoms with Gasteiger partial charge in [0.1, 0.15) is 0 Å². The zero-order valence-corrected chi connectivity index (χ0v) is 12.3. The fraction of sp³-hybridized carbons (Fsp3) is 0.647. The Morgan fingerprint density at radius 1 is 1.10 bits per heavy atom. The summed E-state index contributed by atoms with van der Waals surface area (Å²) in [5.74, 6) is 0. The fourth-order valence-corrected chi connectivity index (χ4v) is 3.81. The van der Waals surface area contributed by atoms with E-state index >= 15 is 0 Å². The van der Waals surface area contributed by atoms with Crippen molar-refractivity contribution in [1.29, 1.82) is 0 Å². The highest BCUT2D eigenvalue weighted by Crippen LogP contribution is 2.25. The number of likely N-dealkylation sites (tertiary alicyclic amines) is 1. The molecule has 0 saturated carbocycles. The molecule has 1 unspecified atom stereocenters. The van der Waals surface area contributed by atoms with E-state index in [1.165, 1.54) is 38.0 Å². The number of nitrogens with one attached hydrogen (secondary N) is 1. The number of nitrogens with zero attached hydrogens (tertiary/aromatic N) is 1. The molecule has 2 heterocycles. The summed E-state index contributed by atoms with van der Waals surface area (Å²) < 4.78 is 0. The van der Waals surface area contributed by atoms with Crippen molar-refractivity contribution < 1.29 is 0 Å². The summed E-state index contributed by atoms with van der Waals surface area (Å²) >= 11 is 0. The van der Waals surface area contributed by atoms with E-state index in [1.807, 2.05) is 0 Å². The van der Waals surface area contributed by atoms with Gasteiger partial charge in [-0.25, -0.2) is 0 Å². The first-order valence-corrected chi connectivity index (χ1v) is 8.09. The van der Waals surface area contributed by atoms with E-state index in [2.05, 4.69) is 40.5 Å².